The second-order valence-electron chi connectivity index (χ2n) is 8.48. The van der Waals surface area contributed by atoms with Gasteiger partial charge in [-0.15, -0.1) is 0 Å². The summed E-state index contributed by atoms with van der Waals surface area (Å²) >= 11 is 0. The molecule has 9 nitrogen and oxygen atoms in total. The number of nitrogens with one attached hydrogen (secondary N) is 2. The van der Waals surface area contributed by atoms with Crippen molar-refractivity contribution < 1.29 is 4.79 Å². The van der Waals surface area contributed by atoms with Crippen molar-refractivity contribution in [2.24, 2.45) is 0 Å². The molecule has 1 saturated heterocycles. The van der Waals surface area contributed by atoms with E-state index in [1.54, 1.807) is 25.5 Å². The maximum absolute atomic E-state index is 12.6. The third-order valence-electron chi connectivity index (χ3n) is 6.31. The molecule has 4 aromatic rings. The molecular formula is C25H25N7O2. The Kier molecular flexibility index (Phi) is 5.67. The molecular weight excluding hydrogens is 430 g/mol. The molecule has 1 amide bonds. The summed E-state index contributed by atoms with van der Waals surface area (Å²) in [6, 6.07) is 11.9. The number of rotatable bonds is 4. The molecule has 0 bridgehead atoms. The van der Waals surface area contributed by atoms with Crippen LogP contribution in [0.1, 0.15) is 31.2 Å². The Morgan fingerprint density at radius 3 is 2.50 bits per heavy atom. The number of anilines is 3. The zero-order chi connectivity index (χ0) is 23.7. The van der Waals surface area contributed by atoms with Gasteiger partial charge in [0, 0.05) is 49.9 Å². The van der Waals surface area contributed by atoms with Crippen LogP contribution in [0.15, 0.2) is 59.8 Å². The fourth-order valence-electron chi connectivity index (χ4n) is 4.43. The Balaban J connectivity index is 1.43. The van der Waals surface area contributed by atoms with Gasteiger partial charge in [-0.2, -0.15) is 0 Å². The van der Waals surface area contributed by atoms with Crippen LogP contribution < -0.4 is 16.6 Å². The lowest BCUT2D eigenvalue weighted by atomic mass is 9.89. The van der Waals surface area contributed by atoms with E-state index in [9.17, 15) is 9.59 Å². The van der Waals surface area contributed by atoms with Crippen LogP contribution in [0.4, 0.5) is 17.5 Å². The molecule has 5 rings (SSSR count). The third kappa shape index (κ3) is 4.32. The zero-order valence-corrected chi connectivity index (χ0v) is 18.8. The Bertz CT molecular complexity index is 1390. The van der Waals surface area contributed by atoms with Gasteiger partial charge < -0.3 is 20.9 Å². The largest absolute Gasteiger partial charge is 0.368 e. The highest BCUT2D eigenvalue weighted by atomic mass is 16.2. The zero-order valence-electron chi connectivity index (χ0n) is 18.8. The molecule has 1 fully saturated rings. The molecule has 34 heavy (non-hydrogen) atoms. The Morgan fingerprint density at radius 1 is 1.12 bits per heavy atom. The summed E-state index contributed by atoms with van der Waals surface area (Å²) in [6.45, 7) is 3.21. The molecule has 0 spiro atoms. The van der Waals surface area contributed by atoms with E-state index in [-0.39, 0.29) is 17.4 Å². The number of amides is 1. The lowest BCUT2D eigenvalue weighted by molar-refractivity contribution is -0.129. The Hall–Kier alpha value is -4.27. The number of likely N-dealkylation sites (tertiary alicyclic amines) is 1. The maximum atomic E-state index is 12.6. The quantitative estimate of drug-likeness (QED) is 0.430. The molecule has 1 aromatic carbocycles. The number of hydrogen-bond acceptors (Lipinski definition) is 7. The van der Waals surface area contributed by atoms with E-state index in [0.717, 1.165) is 37.0 Å². The van der Waals surface area contributed by atoms with Crippen molar-refractivity contribution in [1.82, 2.24) is 24.8 Å². The van der Waals surface area contributed by atoms with Crippen molar-refractivity contribution in [2.45, 2.75) is 25.7 Å². The molecule has 0 radical (unpaired) electrons. The van der Waals surface area contributed by atoms with Crippen LogP contribution in [-0.4, -0.2) is 43.8 Å². The smallest absolute Gasteiger partial charge is 0.259 e. The van der Waals surface area contributed by atoms with E-state index in [2.05, 4.69) is 32.4 Å². The number of carbonyl (C=O) groups is 1. The fourth-order valence-corrected chi connectivity index (χ4v) is 4.43. The van der Waals surface area contributed by atoms with Crippen molar-refractivity contribution in [3.8, 4) is 11.3 Å². The van der Waals surface area contributed by atoms with E-state index in [1.165, 1.54) is 5.56 Å². The highest BCUT2D eigenvalue weighted by Crippen LogP contribution is 2.31. The summed E-state index contributed by atoms with van der Waals surface area (Å²) in [5.74, 6) is 1.21. The number of hydrogen-bond donors (Lipinski definition) is 3. The molecule has 3 aromatic heterocycles. The van der Waals surface area contributed by atoms with Gasteiger partial charge in [-0.25, -0.2) is 15.0 Å². The van der Waals surface area contributed by atoms with Crippen molar-refractivity contribution in [1.29, 1.82) is 0 Å². The minimum atomic E-state index is -0.221. The molecule has 0 atom stereocenters. The van der Waals surface area contributed by atoms with E-state index in [0.29, 0.717) is 28.4 Å². The molecule has 0 unspecified atom stereocenters. The van der Waals surface area contributed by atoms with Crippen molar-refractivity contribution in [2.75, 3.05) is 24.1 Å². The predicted octanol–water partition coefficient (Wildman–Crippen LogP) is 3.43. The van der Waals surface area contributed by atoms with Gasteiger partial charge in [0.15, 0.2) is 0 Å². The SMILES string of the molecule is CC(=O)N1CCC(c2ccc(Nc3nc(-c4cnc(N)nc4)cc4cc[nH]c(=O)c34)cc2)CC1. The summed E-state index contributed by atoms with van der Waals surface area (Å²) < 4.78 is 0. The second kappa shape index (κ2) is 8.93. The molecule has 4 heterocycles. The lowest BCUT2D eigenvalue weighted by Crippen LogP contribution is -2.36. The molecule has 1 aliphatic heterocycles. The number of benzene rings is 1. The Labute approximate surface area is 196 Å². The highest BCUT2D eigenvalue weighted by Gasteiger charge is 2.22. The van der Waals surface area contributed by atoms with E-state index >= 15 is 0 Å². The fraction of sp³-hybridized carbons (Fsp3) is 0.240. The van der Waals surface area contributed by atoms with Gasteiger partial charge >= 0.3 is 0 Å². The first-order valence-corrected chi connectivity index (χ1v) is 11.2. The van der Waals surface area contributed by atoms with E-state index < -0.39 is 0 Å². The molecule has 1 aliphatic rings. The van der Waals surface area contributed by atoms with Gasteiger partial charge in [-0.05, 0) is 54.0 Å². The highest BCUT2D eigenvalue weighted by molar-refractivity contribution is 5.95. The number of H-pyrrole nitrogens is 1. The monoisotopic (exact) mass is 455 g/mol. The van der Waals surface area contributed by atoms with Crippen LogP contribution in [0.25, 0.3) is 22.0 Å². The minimum absolute atomic E-state index is 0.139. The number of piperidine rings is 1. The van der Waals surface area contributed by atoms with Gasteiger partial charge in [0.1, 0.15) is 5.82 Å². The van der Waals surface area contributed by atoms with E-state index in [4.69, 9.17) is 10.7 Å². The average molecular weight is 456 g/mol. The van der Waals surface area contributed by atoms with Crippen LogP contribution in [0.5, 0.6) is 0 Å². The minimum Gasteiger partial charge on any atom is -0.368 e. The summed E-state index contributed by atoms with van der Waals surface area (Å²) in [5.41, 5.74) is 8.80. The predicted molar refractivity (Wildman–Crippen MR) is 132 cm³/mol. The summed E-state index contributed by atoms with van der Waals surface area (Å²) in [4.78, 5) is 41.6. The van der Waals surface area contributed by atoms with Gasteiger partial charge in [-0.3, -0.25) is 9.59 Å². The molecule has 0 aliphatic carbocycles. The average Bonchev–Trinajstić information content (AvgIpc) is 2.85. The van der Waals surface area contributed by atoms with Crippen molar-refractivity contribution >= 4 is 34.1 Å². The van der Waals surface area contributed by atoms with Crippen LogP contribution >= 0.6 is 0 Å². The first-order valence-electron chi connectivity index (χ1n) is 11.2. The van der Waals surface area contributed by atoms with Gasteiger partial charge in [-0.1, -0.05) is 12.1 Å². The standard InChI is InChI=1S/C25H25N7O2/c1-15(33)32-10-7-17(8-11-32)16-2-4-20(5-3-16)30-23-22-18(6-9-27-24(22)34)12-21(31-23)19-13-28-25(26)29-14-19/h2-6,9,12-14,17H,7-8,10-11H2,1H3,(H,27,34)(H,30,31)(H2,26,28,29). The van der Waals surface area contributed by atoms with Crippen LogP contribution in [-0.2, 0) is 4.79 Å². The number of aromatic amines is 1. The first kappa shape index (κ1) is 21.6. The molecule has 172 valence electrons. The number of pyridine rings is 2. The second-order valence-corrected chi connectivity index (χ2v) is 8.48. The molecule has 4 N–H and O–H groups in total. The van der Waals surface area contributed by atoms with Crippen LogP contribution in [0.2, 0.25) is 0 Å². The number of nitrogens with two attached hydrogens (primary N) is 1. The Morgan fingerprint density at radius 2 is 1.82 bits per heavy atom. The number of nitrogen functional groups attached to an aromatic ring is 1. The number of aromatic nitrogens is 4. The number of fused-ring (bicyclic) bond motifs is 1. The van der Waals surface area contributed by atoms with Gasteiger partial charge in [0.05, 0.1) is 11.1 Å². The van der Waals surface area contributed by atoms with E-state index in [1.807, 2.05) is 29.2 Å². The lowest BCUT2D eigenvalue weighted by Gasteiger charge is -2.31. The van der Waals surface area contributed by atoms with Crippen LogP contribution in [0, 0.1) is 0 Å². The first-order chi connectivity index (χ1) is 16.5. The molecule has 9 heteroatoms. The van der Waals surface area contributed by atoms with Gasteiger partial charge in [0.2, 0.25) is 11.9 Å². The maximum Gasteiger partial charge on any atom is 0.259 e. The third-order valence-corrected chi connectivity index (χ3v) is 6.31. The van der Waals surface area contributed by atoms with Crippen molar-refractivity contribution in [3.63, 3.8) is 0 Å². The number of carbonyl (C=O) groups excluding carboxylic acids is 1. The summed E-state index contributed by atoms with van der Waals surface area (Å²) in [6.07, 6.45) is 6.75. The summed E-state index contributed by atoms with van der Waals surface area (Å²) in [5, 5.41) is 4.54. The topological polar surface area (TPSA) is 130 Å². The molecule has 0 saturated carbocycles. The van der Waals surface area contributed by atoms with Gasteiger partial charge in [0.25, 0.3) is 5.56 Å². The normalized spacial score (nSPS) is 14.3. The van der Waals surface area contributed by atoms with Crippen LogP contribution in [0.3, 0.4) is 0 Å². The summed E-state index contributed by atoms with van der Waals surface area (Å²) in [7, 11) is 0. The number of nitrogens with zero attached hydrogens (tertiary/aromatic N) is 4. The van der Waals surface area contributed by atoms with Crippen molar-refractivity contribution in [3.05, 3.63) is 70.9 Å².